The minimum absolute atomic E-state index is 0.0651. The topological polar surface area (TPSA) is 60.0 Å². The number of nitrogens with one attached hydrogen (secondary N) is 1. The van der Waals surface area contributed by atoms with Crippen LogP contribution in [0.3, 0.4) is 0 Å². The van der Waals surface area contributed by atoms with Crippen molar-refractivity contribution in [2.75, 3.05) is 45.3 Å². The number of ether oxygens (including phenoxy) is 3. The third-order valence-electron chi connectivity index (χ3n) is 7.38. The summed E-state index contributed by atoms with van der Waals surface area (Å²) in [7, 11) is 1.63. The second-order valence-electron chi connectivity index (χ2n) is 9.68. The van der Waals surface area contributed by atoms with Crippen molar-refractivity contribution >= 4 is 11.6 Å². The number of allylic oxidation sites excluding steroid dienone is 1. The molecule has 0 fully saturated rings. The van der Waals surface area contributed by atoms with Crippen molar-refractivity contribution in [1.29, 1.82) is 0 Å². The molecule has 0 bridgehead atoms. The van der Waals surface area contributed by atoms with Crippen molar-refractivity contribution in [3.05, 3.63) is 76.9 Å². The summed E-state index contributed by atoms with van der Waals surface area (Å²) in [5.74, 6) is 1.55. The molecule has 6 heteroatoms. The molecule has 0 aromatic heterocycles. The van der Waals surface area contributed by atoms with E-state index in [1.807, 2.05) is 18.2 Å². The van der Waals surface area contributed by atoms with Gasteiger partial charge < -0.3 is 24.4 Å². The standard InChI is InChI=1S/C31H40N2O4/c1-5-33(6-2)18-20-37-30-21-25(13-16-29(30)35-4)32-31(34)27-17-19-36-28-15-12-24(11-14-26(27)28)23-9-7-22(3)8-10-23/h7-10,12-13,15-16,21,24,28H,5-6,11,14,17-20H2,1-4H3,(H,32,34). The van der Waals surface area contributed by atoms with E-state index in [2.05, 4.69) is 67.4 Å². The van der Waals surface area contributed by atoms with Crippen LogP contribution in [-0.2, 0) is 9.53 Å². The summed E-state index contributed by atoms with van der Waals surface area (Å²) < 4.78 is 17.6. The molecular weight excluding hydrogens is 464 g/mol. The fourth-order valence-corrected chi connectivity index (χ4v) is 5.08. The zero-order valence-electron chi connectivity index (χ0n) is 22.6. The number of amides is 1. The molecule has 4 rings (SSSR count). The molecular formula is C31H40N2O4. The summed E-state index contributed by atoms with van der Waals surface area (Å²) in [4.78, 5) is 15.7. The maximum absolute atomic E-state index is 13.4. The van der Waals surface area contributed by atoms with Gasteiger partial charge in [0.05, 0.1) is 19.8 Å². The Kier molecular flexibility index (Phi) is 9.42. The second-order valence-corrected chi connectivity index (χ2v) is 9.68. The van der Waals surface area contributed by atoms with Crippen LogP contribution < -0.4 is 14.8 Å². The van der Waals surface area contributed by atoms with Crippen LogP contribution in [0.1, 0.15) is 50.2 Å². The molecule has 198 valence electrons. The highest BCUT2D eigenvalue weighted by molar-refractivity contribution is 6.04. The Hall–Kier alpha value is -3.09. The van der Waals surface area contributed by atoms with E-state index in [0.717, 1.165) is 43.6 Å². The zero-order valence-corrected chi connectivity index (χ0v) is 22.6. The predicted molar refractivity (Wildman–Crippen MR) is 149 cm³/mol. The fourth-order valence-electron chi connectivity index (χ4n) is 5.08. The number of aryl methyl sites for hydroxylation is 1. The molecule has 2 aromatic carbocycles. The normalized spacial score (nSPS) is 19.4. The lowest BCUT2D eigenvalue weighted by Gasteiger charge is -2.26. The molecule has 0 saturated heterocycles. The average molecular weight is 505 g/mol. The van der Waals surface area contributed by atoms with Crippen LogP contribution in [0.4, 0.5) is 5.69 Å². The van der Waals surface area contributed by atoms with Gasteiger partial charge in [0.1, 0.15) is 6.61 Å². The number of benzene rings is 2. The number of anilines is 1. The van der Waals surface area contributed by atoms with Gasteiger partial charge >= 0.3 is 0 Å². The number of hydrogen-bond acceptors (Lipinski definition) is 5. The Bertz CT molecular complexity index is 1120. The molecule has 2 unspecified atom stereocenters. The van der Waals surface area contributed by atoms with Gasteiger partial charge in [-0.05, 0) is 56.1 Å². The molecule has 1 heterocycles. The number of carbonyl (C=O) groups is 1. The monoisotopic (exact) mass is 504 g/mol. The highest BCUT2D eigenvalue weighted by Gasteiger charge is 2.29. The van der Waals surface area contributed by atoms with Crippen LogP contribution in [-0.4, -0.2) is 56.9 Å². The number of likely N-dealkylation sites (N-methyl/N-ethyl adjacent to an activating group) is 1. The first kappa shape index (κ1) is 27.0. The maximum Gasteiger partial charge on any atom is 0.251 e. The third-order valence-corrected chi connectivity index (χ3v) is 7.38. The third kappa shape index (κ3) is 6.82. The van der Waals surface area contributed by atoms with Crippen LogP contribution in [0.2, 0.25) is 0 Å². The van der Waals surface area contributed by atoms with Crippen LogP contribution >= 0.6 is 0 Å². The molecule has 2 atom stereocenters. The van der Waals surface area contributed by atoms with E-state index in [1.54, 1.807) is 7.11 Å². The number of rotatable bonds is 10. The molecule has 1 amide bonds. The summed E-state index contributed by atoms with van der Waals surface area (Å²) in [6.45, 7) is 10.3. The maximum atomic E-state index is 13.4. The van der Waals surface area contributed by atoms with Crippen molar-refractivity contribution in [2.45, 2.75) is 52.1 Å². The lowest BCUT2D eigenvalue weighted by atomic mass is 9.90. The lowest BCUT2D eigenvalue weighted by molar-refractivity contribution is -0.113. The smallest absolute Gasteiger partial charge is 0.251 e. The van der Waals surface area contributed by atoms with Crippen LogP contribution in [0.25, 0.3) is 0 Å². The van der Waals surface area contributed by atoms with E-state index < -0.39 is 0 Å². The highest BCUT2D eigenvalue weighted by Crippen LogP contribution is 2.36. The Morgan fingerprint density at radius 1 is 1.05 bits per heavy atom. The van der Waals surface area contributed by atoms with E-state index in [4.69, 9.17) is 14.2 Å². The van der Waals surface area contributed by atoms with Gasteiger partial charge in [0, 0.05) is 36.2 Å². The van der Waals surface area contributed by atoms with Gasteiger partial charge in [-0.2, -0.15) is 0 Å². The number of fused-ring (bicyclic) bond motifs is 1. The number of hydrogen-bond donors (Lipinski definition) is 1. The molecule has 1 N–H and O–H groups in total. The van der Waals surface area contributed by atoms with Crippen molar-refractivity contribution in [3.8, 4) is 11.5 Å². The van der Waals surface area contributed by atoms with Crippen LogP contribution in [0.5, 0.6) is 11.5 Å². The Balaban J connectivity index is 1.47. The van der Waals surface area contributed by atoms with Gasteiger partial charge in [0.15, 0.2) is 11.5 Å². The molecule has 2 aliphatic rings. The summed E-state index contributed by atoms with van der Waals surface area (Å²) in [6.07, 6.45) is 6.65. The summed E-state index contributed by atoms with van der Waals surface area (Å²) in [6, 6.07) is 14.3. The van der Waals surface area contributed by atoms with Gasteiger partial charge in [-0.15, -0.1) is 0 Å². The molecule has 37 heavy (non-hydrogen) atoms. The largest absolute Gasteiger partial charge is 0.493 e. The highest BCUT2D eigenvalue weighted by atomic mass is 16.5. The fraction of sp³-hybridized carbons (Fsp3) is 0.452. The molecule has 1 aliphatic carbocycles. The minimum atomic E-state index is -0.139. The van der Waals surface area contributed by atoms with Gasteiger partial charge in [-0.25, -0.2) is 0 Å². The molecule has 0 radical (unpaired) electrons. The summed E-state index contributed by atoms with van der Waals surface area (Å²) in [5.41, 5.74) is 5.19. The minimum Gasteiger partial charge on any atom is -0.493 e. The van der Waals surface area contributed by atoms with E-state index in [1.165, 1.54) is 11.1 Å². The number of nitrogens with zero attached hydrogens (tertiary/aromatic N) is 1. The average Bonchev–Trinajstić information content (AvgIpc) is 3.14. The van der Waals surface area contributed by atoms with Crippen LogP contribution in [0, 0.1) is 6.92 Å². The van der Waals surface area contributed by atoms with Gasteiger partial charge in [-0.3, -0.25) is 4.79 Å². The van der Waals surface area contributed by atoms with Crippen molar-refractivity contribution in [2.24, 2.45) is 0 Å². The molecule has 1 aliphatic heterocycles. The quantitative estimate of drug-likeness (QED) is 0.409. The summed E-state index contributed by atoms with van der Waals surface area (Å²) >= 11 is 0. The van der Waals surface area contributed by atoms with Gasteiger partial charge in [-0.1, -0.05) is 55.8 Å². The molecule has 0 saturated carbocycles. The first-order chi connectivity index (χ1) is 18.0. The van der Waals surface area contributed by atoms with E-state index in [0.29, 0.717) is 42.7 Å². The van der Waals surface area contributed by atoms with E-state index in [9.17, 15) is 4.79 Å². The van der Waals surface area contributed by atoms with Gasteiger partial charge in [0.25, 0.3) is 5.91 Å². The van der Waals surface area contributed by atoms with E-state index >= 15 is 0 Å². The SMILES string of the molecule is CCN(CC)CCOc1cc(NC(=O)C2=C3CCC(c4ccc(C)cc4)C=CC3OCC2)ccc1OC. The zero-order chi connectivity index (χ0) is 26.2. The van der Waals surface area contributed by atoms with Gasteiger partial charge in [0.2, 0.25) is 0 Å². The summed E-state index contributed by atoms with van der Waals surface area (Å²) in [5, 5.41) is 3.11. The molecule has 2 aromatic rings. The van der Waals surface area contributed by atoms with Crippen LogP contribution in [0.15, 0.2) is 65.8 Å². The second kappa shape index (κ2) is 12.9. The van der Waals surface area contributed by atoms with Crippen molar-refractivity contribution < 1.29 is 19.0 Å². The number of carbonyl (C=O) groups excluding carboxylic acids is 1. The van der Waals surface area contributed by atoms with Crippen molar-refractivity contribution in [1.82, 2.24) is 4.90 Å². The lowest BCUT2D eigenvalue weighted by Crippen LogP contribution is -2.28. The van der Waals surface area contributed by atoms with E-state index in [-0.39, 0.29) is 12.0 Å². The van der Waals surface area contributed by atoms with Crippen molar-refractivity contribution in [3.63, 3.8) is 0 Å². The Morgan fingerprint density at radius 2 is 1.84 bits per heavy atom. The Morgan fingerprint density at radius 3 is 2.57 bits per heavy atom. The first-order valence-corrected chi connectivity index (χ1v) is 13.4. The molecule has 6 nitrogen and oxygen atoms in total. The molecule has 0 spiro atoms. The Labute approximate surface area is 221 Å². The first-order valence-electron chi connectivity index (χ1n) is 13.4. The number of methoxy groups -OCH3 is 1. The predicted octanol–water partition coefficient (Wildman–Crippen LogP) is 5.88.